The molecule has 0 aliphatic heterocycles. The summed E-state index contributed by atoms with van der Waals surface area (Å²) in [6.07, 6.45) is 0. The molecule has 3 rings (SSSR count). The van der Waals surface area contributed by atoms with Crippen LogP contribution in [0.25, 0.3) is 5.69 Å². The fourth-order valence-corrected chi connectivity index (χ4v) is 2.50. The monoisotopic (exact) mass is 339 g/mol. The minimum Gasteiger partial charge on any atom is -0.456 e. The molecule has 0 atom stereocenters. The fraction of sp³-hybridized carbons (Fsp3) is 0.211. The Morgan fingerprint density at radius 2 is 1.96 bits per heavy atom. The summed E-state index contributed by atoms with van der Waals surface area (Å²) in [5.41, 5.74) is 3.66. The second-order valence-electron chi connectivity index (χ2n) is 5.93. The third-order valence-corrected chi connectivity index (χ3v) is 3.94. The molecule has 1 heterocycles. The van der Waals surface area contributed by atoms with Crippen LogP contribution in [0.5, 0.6) is 0 Å². The van der Waals surface area contributed by atoms with Gasteiger partial charge in [0.2, 0.25) is 0 Å². The second kappa shape index (κ2) is 6.84. The Bertz CT molecular complexity index is 934. The van der Waals surface area contributed by atoms with E-state index in [0.29, 0.717) is 16.9 Å². The van der Waals surface area contributed by atoms with Crippen molar-refractivity contribution in [3.05, 3.63) is 76.4 Å². The van der Waals surface area contributed by atoms with E-state index in [1.165, 1.54) is 10.7 Å². The number of carbonyl (C=O) groups is 1. The molecule has 5 nitrogen and oxygen atoms in total. The van der Waals surface area contributed by atoms with Gasteiger partial charge in [-0.2, -0.15) is 0 Å². The Hall–Kier alpha value is -3.02. The number of nitrogens with zero attached hydrogens (tertiary/aromatic N) is 3. The molecule has 0 aliphatic carbocycles. The average molecular weight is 339 g/mol. The maximum Gasteiger partial charge on any atom is 0.361 e. The molecule has 1 aromatic heterocycles. The molecule has 3 aromatic rings. The molecule has 0 bridgehead atoms. The molecule has 0 spiro atoms. The lowest BCUT2D eigenvalue weighted by Gasteiger charge is -2.06. The molecule has 0 N–H and O–H groups in total. The first-order chi connectivity index (χ1) is 12.0. The summed E-state index contributed by atoms with van der Waals surface area (Å²) < 4.78 is 20.5. The van der Waals surface area contributed by atoms with Gasteiger partial charge in [0.15, 0.2) is 5.69 Å². The molecule has 0 saturated carbocycles. The van der Waals surface area contributed by atoms with Gasteiger partial charge >= 0.3 is 5.97 Å². The summed E-state index contributed by atoms with van der Waals surface area (Å²) in [5.74, 6) is -0.895. The van der Waals surface area contributed by atoms with Crippen LogP contribution in [0.3, 0.4) is 0 Å². The molecule has 0 aliphatic rings. The van der Waals surface area contributed by atoms with Crippen molar-refractivity contribution in [1.29, 1.82) is 0 Å². The highest BCUT2D eigenvalue weighted by Crippen LogP contribution is 2.17. The molecule has 25 heavy (non-hydrogen) atoms. The van der Waals surface area contributed by atoms with Crippen molar-refractivity contribution in [3.63, 3.8) is 0 Å². The number of aryl methyl sites for hydroxylation is 2. The van der Waals surface area contributed by atoms with E-state index in [1.807, 2.05) is 31.2 Å². The molecule has 0 amide bonds. The maximum atomic E-state index is 13.7. The number of hydrogen-bond acceptors (Lipinski definition) is 4. The Morgan fingerprint density at radius 3 is 2.68 bits per heavy atom. The SMILES string of the molecule is Cc1cccc(COC(=O)c2nnn(-c3ccc(C)c(F)c3)c2C)c1. The van der Waals surface area contributed by atoms with Crippen molar-refractivity contribution in [2.45, 2.75) is 27.4 Å². The summed E-state index contributed by atoms with van der Waals surface area (Å²) in [4.78, 5) is 12.3. The normalized spacial score (nSPS) is 10.7. The molecule has 128 valence electrons. The van der Waals surface area contributed by atoms with Crippen molar-refractivity contribution >= 4 is 5.97 Å². The van der Waals surface area contributed by atoms with Crippen LogP contribution in [0.4, 0.5) is 4.39 Å². The summed E-state index contributed by atoms with van der Waals surface area (Å²) in [7, 11) is 0. The Labute approximate surface area is 145 Å². The lowest BCUT2D eigenvalue weighted by Crippen LogP contribution is -2.08. The van der Waals surface area contributed by atoms with Crippen molar-refractivity contribution in [2.75, 3.05) is 0 Å². The number of hydrogen-bond donors (Lipinski definition) is 0. The third kappa shape index (κ3) is 3.57. The summed E-state index contributed by atoms with van der Waals surface area (Å²) in [6, 6.07) is 12.5. The lowest BCUT2D eigenvalue weighted by molar-refractivity contribution is 0.0464. The van der Waals surface area contributed by atoms with Crippen molar-refractivity contribution in [1.82, 2.24) is 15.0 Å². The first-order valence-corrected chi connectivity index (χ1v) is 7.87. The van der Waals surface area contributed by atoms with Gasteiger partial charge < -0.3 is 4.74 Å². The summed E-state index contributed by atoms with van der Waals surface area (Å²) in [5, 5.41) is 7.84. The van der Waals surface area contributed by atoms with Gasteiger partial charge in [0.1, 0.15) is 12.4 Å². The molecular formula is C19H18FN3O2. The highest BCUT2D eigenvalue weighted by molar-refractivity contribution is 5.88. The Balaban J connectivity index is 1.78. The van der Waals surface area contributed by atoms with Crippen LogP contribution >= 0.6 is 0 Å². The number of esters is 1. The standard InChI is InChI=1S/C19H18FN3O2/c1-12-5-4-6-15(9-12)11-25-19(24)18-14(3)23(22-21-18)16-8-7-13(2)17(20)10-16/h4-10H,11H2,1-3H3. The predicted octanol–water partition coefficient (Wildman–Crippen LogP) is 3.69. The molecular weight excluding hydrogens is 321 g/mol. The number of rotatable bonds is 4. The van der Waals surface area contributed by atoms with E-state index >= 15 is 0 Å². The number of carbonyl (C=O) groups excluding carboxylic acids is 1. The Morgan fingerprint density at radius 1 is 1.16 bits per heavy atom. The van der Waals surface area contributed by atoms with E-state index < -0.39 is 5.97 Å². The van der Waals surface area contributed by atoms with Crippen LogP contribution in [-0.2, 0) is 11.3 Å². The molecule has 0 fully saturated rings. The second-order valence-corrected chi connectivity index (χ2v) is 5.93. The maximum absolute atomic E-state index is 13.7. The van der Waals surface area contributed by atoms with Crippen LogP contribution in [0.2, 0.25) is 0 Å². The smallest absolute Gasteiger partial charge is 0.361 e. The number of benzene rings is 2. The zero-order valence-corrected chi connectivity index (χ0v) is 14.3. The Kier molecular flexibility index (Phi) is 4.61. The molecule has 2 aromatic carbocycles. The molecule has 0 radical (unpaired) electrons. The van der Waals surface area contributed by atoms with E-state index in [1.54, 1.807) is 26.0 Å². The minimum absolute atomic E-state index is 0.119. The van der Waals surface area contributed by atoms with Gasteiger partial charge in [-0.25, -0.2) is 13.9 Å². The van der Waals surface area contributed by atoms with Crippen molar-refractivity contribution in [2.24, 2.45) is 0 Å². The van der Waals surface area contributed by atoms with Gasteiger partial charge in [0.25, 0.3) is 0 Å². The largest absolute Gasteiger partial charge is 0.456 e. The molecule has 0 saturated heterocycles. The molecule has 6 heteroatoms. The first kappa shape index (κ1) is 16.8. The van der Waals surface area contributed by atoms with Crippen LogP contribution in [0.1, 0.15) is 32.9 Å². The zero-order valence-electron chi connectivity index (χ0n) is 14.3. The van der Waals surface area contributed by atoms with E-state index in [4.69, 9.17) is 4.74 Å². The quantitative estimate of drug-likeness (QED) is 0.680. The highest BCUT2D eigenvalue weighted by Gasteiger charge is 2.19. The van der Waals surface area contributed by atoms with Gasteiger partial charge in [0, 0.05) is 0 Å². The highest BCUT2D eigenvalue weighted by atomic mass is 19.1. The first-order valence-electron chi connectivity index (χ1n) is 7.87. The van der Waals surface area contributed by atoms with Gasteiger partial charge in [-0.1, -0.05) is 41.1 Å². The number of aromatic nitrogens is 3. The van der Waals surface area contributed by atoms with Crippen molar-refractivity contribution < 1.29 is 13.9 Å². The van der Waals surface area contributed by atoms with Gasteiger partial charge in [-0.3, -0.25) is 0 Å². The van der Waals surface area contributed by atoms with Crippen LogP contribution in [0.15, 0.2) is 42.5 Å². The van der Waals surface area contributed by atoms with Crippen LogP contribution < -0.4 is 0 Å². The van der Waals surface area contributed by atoms with E-state index in [-0.39, 0.29) is 18.1 Å². The molecule has 0 unspecified atom stereocenters. The fourth-order valence-electron chi connectivity index (χ4n) is 2.50. The minimum atomic E-state index is -0.558. The van der Waals surface area contributed by atoms with Gasteiger partial charge in [-0.15, -0.1) is 5.10 Å². The van der Waals surface area contributed by atoms with E-state index in [9.17, 15) is 9.18 Å². The number of ether oxygens (including phenoxy) is 1. The summed E-state index contributed by atoms with van der Waals surface area (Å²) in [6.45, 7) is 5.51. The van der Waals surface area contributed by atoms with E-state index in [2.05, 4.69) is 10.3 Å². The lowest BCUT2D eigenvalue weighted by atomic mass is 10.1. The van der Waals surface area contributed by atoms with Crippen molar-refractivity contribution in [3.8, 4) is 5.69 Å². The summed E-state index contributed by atoms with van der Waals surface area (Å²) >= 11 is 0. The van der Waals surface area contributed by atoms with Crippen LogP contribution in [0, 0.1) is 26.6 Å². The predicted molar refractivity (Wildman–Crippen MR) is 91.1 cm³/mol. The zero-order chi connectivity index (χ0) is 18.0. The third-order valence-electron chi connectivity index (χ3n) is 3.94. The van der Waals surface area contributed by atoms with Gasteiger partial charge in [0.05, 0.1) is 11.4 Å². The average Bonchev–Trinajstić information content (AvgIpc) is 2.97. The topological polar surface area (TPSA) is 57.0 Å². The van der Waals surface area contributed by atoms with E-state index in [0.717, 1.165) is 11.1 Å². The van der Waals surface area contributed by atoms with Crippen LogP contribution in [-0.4, -0.2) is 21.0 Å². The number of halogens is 1. The van der Waals surface area contributed by atoms with Gasteiger partial charge in [-0.05, 0) is 44.0 Å².